The predicted octanol–water partition coefficient (Wildman–Crippen LogP) is 3.26. The van der Waals surface area contributed by atoms with E-state index in [1.165, 1.54) is 24.3 Å². The van der Waals surface area contributed by atoms with Crippen LogP contribution in [0.4, 0.5) is 9.52 Å². The number of aromatic carboxylic acids is 1. The van der Waals surface area contributed by atoms with Crippen molar-refractivity contribution in [2.75, 3.05) is 5.32 Å². The van der Waals surface area contributed by atoms with Crippen molar-refractivity contribution in [2.45, 2.75) is 0 Å². The zero-order valence-corrected chi connectivity index (χ0v) is 12.7. The number of carbonyl (C=O) groups is 2. The number of thiazole rings is 1. The molecule has 0 saturated heterocycles. The smallest absolute Gasteiger partial charge is 0.335 e. The van der Waals surface area contributed by atoms with Crippen LogP contribution in [-0.2, 0) is 0 Å². The minimum absolute atomic E-state index is 0.0528. The molecule has 0 saturated carbocycles. The summed E-state index contributed by atoms with van der Waals surface area (Å²) in [6.45, 7) is 0. The average Bonchev–Trinajstić information content (AvgIpc) is 2.95. The van der Waals surface area contributed by atoms with Gasteiger partial charge in [0.1, 0.15) is 11.9 Å². The number of benzene rings is 2. The van der Waals surface area contributed by atoms with Crippen LogP contribution in [-0.4, -0.2) is 22.0 Å². The Morgan fingerprint density at radius 1 is 1.21 bits per heavy atom. The van der Waals surface area contributed by atoms with Gasteiger partial charge in [-0.3, -0.25) is 10.1 Å². The van der Waals surface area contributed by atoms with Crippen LogP contribution in [0.5, 0.6) is 0 Å². The number of nitrogens with zero attached hydrogens (tertiary/aromatic N) is 2. The highest BCUT2D eigenvalue weighted by Gasteiger charge is 2.13. The van der Waals surface area contributed by atoms with E-state index in [0.29, 0.717) is 10.2 Å². The molecule has 1 heterocycles. The van der Waals surface area contributed by atoms with E-state index >= 15 is 0 Å². The van der Waals surface area contributed by atoms with Crippen molar-refractivity contribution in [1.82, 2.24) is 4.98 Å². The molecule has 3 rings (SSSR count). The Kier molecular flexibility index (Phi) is 3.93. The van der Waals surface area contributed by atoms with Crippen LogP contribution in [0.25, 0.3) is 10.2 Å². The molecule has 6 nitrogen and oxygen atoms in total. The second-order valence-electron chi connectivity index (χ2n) is 4.77. The Morgan fingerprint density at radius 2 is 1.96 bits per heavy atom. The summed E-state index contributed by atoms with van der Waals surface area (Å²) in [7, 11) is 0. The Hall–Kier alpha value is -3.31. The van der Waals surface area contributed by atoms with Gasteiger partial charge in [0.2, 0.25) is 0 Å². The molecule has 118 valence electrons. The van der Waals surface area contributed by atoms with Gasteiger partial charge >= 0.3 is 5.97 Å². The fourth-order valence-corrected chi connectivity index (χ4v) is 2.93. The van der Waals surface area contributed by atoms with Gasteiger partial charge in [-0.2, -0.15) is 5.26 Å². The summed E-state index contributed by atoms with van der Waals surface area (Å²) < 4.78 is 14.2. The average molecular weight is 341 g/mol. The maximum absolute atomic E-state index is 13.6. The van der Waals surface area contributed by atoms with Gasteiger partial charge in [0, 0.05) is 5.56 Å². The molecule has 1 aromatic heterocycles. The molecule has 0 atom stereocenters. The van der Waals surface area contributed by atoms with Crippen LogP contribution >= 0.6 is 11.3 Å². The summed E-state index contributed by atoms with van der Waals surface area (Å²) in [6.07, 6.45) is 0. The summed E-state index contributed by atoms with van der Waals surface area (Å²) in [5, 5.41) is 20.5. The SMILES string of the molecule is N#Cc1ccc(C(=O)Nc2nc3ccc(C(=O)O)cc3s2)cc1F. The topological polar surface area (TPSA) is 103 Å². The number of hydrogen-bond donors (Lipinski definition) is 2. The number of nitrogens with one attached hydrogen (secondary N) is 1. The van der Waals surface area contributed by atoms with Crippen molar-refractivity contribution >= 4 is 38.6 Å². The number of carboxylic acids is 1. The van der Waals surface area contributed by atoms with Crippen molar-refractivity contribution < 1.29 is 19.1 Å². The normalized spacial score (nSPS) is 10.3. The molecular weight excluding hydrogens is 333 g/mol. The van der Waals surface area contributed by atoms with Crippen LogP contribution in [0, 0.1) is 17.1 Å². The van der Waals surface area contributed by atoms with E-state index in [1.54, 1.807) is 12.1 Å². The highest BCUT2D eigenvalue weighted by molar-refractivity contribution is 7.22. The van der Waals surface area contributed by atoms with Gasteiger partial charge in [-0.05, 0) is 36.4 Å². The number of amides is 1. The second-order valence-corrected chi connectivity index (χ2v) is 5.80. The lowest BCUT2D eigenvalue weighted by Gasteiger charge is -2.02. The monoisotopic (exact) mass is 341 g/mol. The lowest BCUT2D eigenvalue weighted by atomic mass is 10.1. The van der Waals surface area contributed by atoms with Crippen LogP contribution in [0.2, 0.25) is 0 Å². The number of carbonyl (C=O) groups excluding carboxylic acids is 1. The Balaban J connectivity index is 1.86. The summed E-state index contributed by atoms with van der Waals surface area (Å²) in [4.78, 5) is 27.3. The summed E-state index contributed by atoms with van der Waals surface area (Å²) >= 11 is 1.11. The molecule has 0 radical (unpaired) electrons. The Bertz CT molecular complexity index is 1020. The zero-order chi connectivity index (χ0) is 17.3. The number of aromatic nitrogens is 1. The molecule has 0 unspecified atom stereocenters. The van der Waals surface area contributed by atoms with Crippen molar-refractivity contribution in [3.05, 3.63) is 58.9 Å². The van der Waals surface area contributed by atoms with E-state index in [-0.39, 0.29) is 21.8 Å². The molecule has 0 aliphatic heterocycles. The van der Waals surface area contributed by atoms with Crippen LogP contribution < -0.4 is 5.32 Å². The highest BCUT2D eigenvalue weighted by atomic mass is 32.1. The minimum atomic E-state index is -1.05. The van der Waals surface area contributed by atoms with E-state index in [0.717, 1.165) is 17.4 Å². The molecule has 0 aliphatic carbocycles. The number of rotatable bonds is 3. The number of carboxylic acid groups (broad SMARTS) is 1. The van der Waals surface area contributed by atoms with Crippen molar-refractivity contribution in [3.63, 3.8) is 0 Å². The van der Waals surface area contributed by atoms with Gasteiger partial charge in [0.25, 0.3) is 5.91 Å². The van der Waals surface area contributed by atoms with Gasteiger partial charge in [-0.25, -0.2) is 14.2 Å². The van der Waals surface area contributed by atoms with Crippen molar-refractivity contribution in [3.8, 4) is 6.07 Å². The Morgan fingerprint density at radius 3 is 2.62 bits per heavy atom. The van der Waals surface area contributed by atoms with Crippen LogP contribution in [0.3, 0.4) is 0 Å². The molecular formula is C16H8FN3O3S. The molecule has 1 amide bonds. The first-order valence-corrected chi connectivity index (χ1v) is 7.44. The van der Waals surface area contributed by atoms with Crippen LogP contribution in [0.1, 0.15) is 26.3 Å². The standard InChI is InChI=1S/C16H8FN3O3S/c17-11-5-8(1-2-10(11)7-18)14(21)20-16-19-12-4-3-9(15(22)23)6-13(12)24-16/h1-6H,(H,22,23)(H,19,20,21). The fourth-order valence-electron chi connectivity index (χ4n) is 2.03. The van der Waals surface area contributed by atoms with Gasteiger partial charge in [0.15, 0.2) is 5.13 Å². The molecule has 0 bridgehead atoms. The number of hydrogen-bond acceptors (Lipinski definition) is 5. The van der Waals surface area contributed by atoms with E-state index in [9.17, 15) is 14.0 Å². The molecule has 24 heavy (non-hydrogen) atoms. The van der Waals surface area contributed by atoms with Gasteiger partial charge in [0.05, 0.1) is 21.3 Å². The number of anilines is 1. The number of fused-ring (bicyclic) bond motifs is 1. The lowest BCUT2D eigenvalue weighted by Crippen LogP contribution is -2.12. The largest absolute Gasteiger partial charge is 0.478 e. The quantitative estimate of drug-likeness (QED) is 0.761. The molecule has 8 heteroatoms. The van der Waals surface area contributed by atoms with E-state index < -0.39 is 17.7 Å². The third-order valence-electron chi connectivity index (χ3n) is 3.21. The number of nitriles is 1. The first-order chi connectivity index (χ1) is 11.5. The molecule has 0 spiro atoms. The zero-order valence-electron chi connectivity index (χ0n) is 11.9. The third kappa shape index (κ3) is 2.93. The first kappa shape index (κ1) is 15.6. The molecule has 0 fully saturated rings. The summed E-state index contributed by atoms with van der Waals surface area (Å²) in [6, 6.07) is 9.65. The molecule has 2 N–H and O–H groups in total. The van der Waals surface area contributed by atoms with Gasteiger partial charge in [-0.1, -0.05) is 11.3 Å². The summed E-state index contributed by atoms with van der Waals surface area (Å²) in [5.74, 6) is -2.40. The van der Waals surface area contributed by atoms with Crippen molar-refractivity contribution in [1.29, 1.82) is 5.26 Å². The summed E-state index contributed by atoms with van der Waals surface area (Å²) in [5.41, 5.74) is 0.578. The fraction of sp³-hybridized carbons (Fsp3) is 0. The lowest BCUT2D eigenvalue weighted by molar-refractivity contribution is 0.0697. The predicted molar refractivity (Wildman–Crippen MR) is 85.6 cm³/mol. The minimum Gasteiger partial charge on any atom is -0.478 e. The van der Waals surface area contributed by atoms with Gasteiger partial charge in [-0.15, -0.1) is 0 Å². The van der Waals surface area contributed by atoms with E-state index in [1.807, 2.05) is 0 Å². The number of halogens is 1. The molecule has 2 aromatic carbocycles. The molecule has 3 aromatic rings. The Labute approximate surface area is 138 Å². The first-order valence-electron chi connectivity index (χ1n) is 6.63. The molecule has 0 aliphatic rings. The van der Waals surface area contributed by atoms with E-state index in [2.05, 4.69) is 10.3 Å². The van der Waals surface area contributed by atoms with E-state index in [4.69, 9.17) is 10.4 Å². The highest BCUT2D eigenvalue weighted by Crippen LogP contribution is 2.27. The third-order valence-corrected chi connectivity index (χ3v) is 4.14. The maximum atomic E-state index is 13.6. The van der Waals surface area contributed by atoms with Crippen LogP contribution in [0.15, 0.2) is 36.4 Å². The second kappa shape index (κ2) is 6.06. The maximum Gasteiger partial charge on any atom is 0.335 e. The van der Waals surface area contributed by atoms with Gasteiger partial charge < -0.3 is 5.11 Å². The van der Waals surface area contributed by atoms with Crippen molar-refractivity contribution in [2.24, 2.45) is 0 Å².